The summed E-state index contributed by atoms with van der Waals surface area (Å²) < 4.78 is 3.21. The lowest BCUT2D eigenvalue weighted by Crippen LogP contribution is -2.29. The Bertz CT molecular complexity index is 695. The molecule has 0 aliphatic carbocycles. The maximum absolute atomic E-state index is 11.7. The molecule has 0 bridgehead atoms. The highest BCUT2D eigenvalue weighted by Crippen LogP contribution is 2.19. The van der Waals surface area contributed by atoms with E-state index in [1.807, 2.05) is 20.9 Å². The fourth-order valence-electron chi connectivity index (χ4n) is 2.02. The van der Waals surface area contributed by atoms with E-state index in [4.69, 9.17) is 0 Å². The van der Waals surface area contributed by atoms with Gasteiger partial charge >= 0.3 is 5.69 Å². The van der Waals surface area contributed by atoms with E-state index in [1.54, 1.807) is 4.68 Å². The lowest BCUT2D eigenvalue weighted by atomic mass is 10.2. The molecule has 19 heavy (non-hydrogen) atoms. The second kappa shape index (κ2) is 5.13. The van der Waals surface area contributed by atoms with Crippen molar-refractivity contribution in [3.05, 3.63) is 44.4 Å². The summed E-state index contributed by atoms with van der Waals surface area (Å²) >= 11 is 0. The summed E-state index contributed by atoms with van der Waals surface area (Å²) in [4.78, 5) is 25.0. The van der Waals surface area contributed by atoms with Gasteiger partial charge in [0.25, 0.3) is 5.56 Å². The van der Waals surface area contributed by atoms with Crippen LogP contribution in [0.15, 0.2) is 21.9 Å². The molecule has 102 valence electrons. The van der Waals surface area contributed by atoms with E-state index in [9.17, 15) is 9.59 Å². The molecule has 2 heterocycles. The number of hydrogen-bond acceptors (Lipinski definition) is 4. The molecular weight excluding hydrogens is 246 g/mol. The van der Waals surface area contributed by atoms with Crippen molar-refractivity contribution in [2.24, 2.45) is 7.05 Å². The third-order valence-electron chi connectivity index (χ3n) is 2.92. The average molecular weight is 263 g/mol. The molecule has 2 N–H and O–H groups in total. The largest absolute Gasteiger partial charge is 0.370 e. The first kappa shape index (κ1) is 13.1. The van der Waals surface area contributed by atoms with E-state index in [0.717, 1.165) is 23.6 Å². The fourth-order valence-corrected chi connectivity index (χ4v) is 2.02. The molecule has 0 atom stereocenters. The van der Waals surface area contributed by atoms with E-state index in [2.05, 4.69) is 15.4 Å². The van der Waals surface area contributed by atoms with Gasteiger partial charge in [0.1, 0.15) is 5.82 Å². The monoisotopic (exact) mass is 263 g/mol. The molecule has 0 amide bonds. The van der Waals surface area contributed by atoms with E-state index in [0.29, 0.717) is 6.54 Å². The Morgan fingerprint density at radius 2 is 2.16 bits per heavy atom. The van der Waals surface area contributed by atoms with Crippen LogP contribution >= 0.6 is 0 Å². The molecule has 0 spiro atoms. The second-order valence-corrected chi connectivity index (χ2v) is 4.30. The van der Waals surface area contributed by atoms with Crippen molar-refractivity contribution in [1.82, 2.24) is 19.3 Å². The molecule has 7 heteroatoms. The number of aryl methyl sites for hydroxylation is 2. The minimum atomic E-state index is -0.418. The molecule has 0 saturated heterocycles. The number of hydrogen-bond donors (Lipinski definition) is 2. The van der Waals surface area contributed by atoms with E-state index >= 15 is 0 Å². The normalized spacial score (nSPS) is 10.7. The number of nitrogens with one attached hydrogen (secondary N) is 2. The number of aromatic nitrogens is 4. The van der Waals surface area contributed by atoms with E-state index in [1.165, 1.54) is 16.8 Å². The maximum atomic E-state index is 11.7. The van der Waals surface area contributed by atoms with Crippen molar-refractivity contribution in [2.45, 2.75) is 20.4 Å². The first-order valence-corrected chi connectivity index (χ1v) is 6.09. The fraction of sp³-hybridized carbons (Fsp3) is 0.417. The van der Waals surface area contributed by atoms with Crippen LogP contribution in [0.1, 0.15) is 18.2 Å². The molecule has 0 saturated carbocycles. The minimum absolute atomic E-state index is 0.373. The van der Waals surface area contributed by atoms with Crippen LogP contribution in [0.5, 0.6) is 0 Å². The topological polar surface area (TPSA) is 84.7 Å². The number of nitrogens with zero attached hydrogens (tertiary/aromatic N) is 3. The molecule has 2 aromatic rings. The van der Waals surface area contributed by atoms with Crippen molar-refractivity contribution in [3.8, 4) is 0 Å². The minimum Gasteiger partial charge on any atom is -0.370 e. The number of H-pyrrole nitrogens is 1. The van der Waals surface area contributed by atoms with E-state index < -0.39 is 11.2 Å². The first-order valence-electron chi connectivity index (χ1n) is 6.09. The molecule has 0 unspecified atom stereocenters. The number of aromatic amines is 1. The van der Waals surface area contributed by atoms with Crippen LogP contribution in [-0.2, 0) is 13.6 Å². The van der Waals surface area contributed by atoms with Gasteiger partial charge in [0, 0.05) is 31.4 Å². The summed E-state index contributed by atoms with van der Waals surface area (Å²) in [6, 6.07) is 1.33. The van der Waals surface area contributed by atoms with Crippen LogP contribution in [0.3, 0.4) is 0 Å². The average Bonchev–Trinajstić information content (AvgIpc) is 2.60. The zero-order chi connectivity index (χ0) is 14.0. The van der Waals surface area contributed by atoms with Gasteiger partial charge in [0.05, 0.1) is 12.2 Å². The number of rotatable bonds is 4. The van der Waals surface area contributed by atoms with Crippen LogP contribution in [-0.4, -0.2) is 25.9 Å². The van der Waals surface area contributed by atoms with Crippen LogP contribution in [0.25, 0.3) is 0 Å². The van der Waals surface area contributed by atoms with Gasteiger partial charge in [0.2, 0.25) is 0 Å². The van der Waals surface area contributed by atoms with Gasteiger partial charge in [-0.15, -0.1) is 0 Å². The molecular formula is C12H17N5O2. The van der Waals surface area contributed by atoms with Gasteiger partial charge in [-0.2, -0.15) is 5.10 Å². The Morgan fingerprint density at radius 3 is 2.79 bits per heavy atom. The lowest BCUT2D eigenvalue weighted by molar-refractivity contribution is 0.717. The van der Waals surface area contributed by atoms with Crippen LogP contribution < -0.4 is 16.6 Å². The predicted octanol–water partition coefficient (Wildman–Crippen LogP) is 0.0586. The third kappa shape index (κ3) is 2.59. The SMILES string of the molecule is CCNc1c(Cn2ccc(=O)[nH]c2=O)c(C)nn1C. The molecule has 0 aliphatic rings. The highest BCUT2D eigenvalue weighted by Gasteiger charge is 2.13. The molecule has 0 aliphatic heterocycles. The Balaban J connectivity index is 2.43. The van der Waals surface area contributed by atoms with Crippen molar-refractivity contribution in [1.29, 1.82) is 0 Å². The summed E-state index contributed by atoms with van der Waals surface area (Å²) in [5, 5.41) is 7.57. The van der Waals surface area contributed by atoms with Crippen molar-refractivity contribution < 1.29 is 0 Å². The molecule has 0 fully saturated rings. The van der Waals surface area contributed by atoms with Crippen LogP contribution in [0.4, 0.5) is 5.82 Å². The van der Waals surface area contributed by atoms with Gasteiger partial charge < -0.3 is 5.32 Å². The van der Waals surface area contributed by atoms with E-state index in [-0.39, 0.29) is 0 Å². The smallest absolute Gasteiger partial charge is 0.328 e. The summed E-state index contributed by atoms with van der Waals surface area (Å²) in [6.07, 6.45) is 1.49. The van der Waals surface area contributed by atoms with Crippen molar-refractivity contribution in [2.75, 3.05) is 11.9 Å². The molecule has 2 aromatic heterocycles. The zero-order valence-corrected chi connectivity index (χ0v) is 11.2. The first-order chi connectivity index (χ1) is 9.02. The Morgan fingerprint density at radius 1 is 1.42 bits per heavy atom. The number of anilines is 1. The quantitative estimate of drug-likeness (QED) is 0.817. The summed E-state index contributed by atoms with van der Waals surface area (Å²) in [5.74, 6) is 0.887. The summed E-state index contributed by atoms with van der Waals surface area (Å²) in [5.41, 5.74) is 0.990. The Hall–Kier alpha value is -2.31. The third-order valence-corrected chi connectivity index (χ3v) is 2.92. The molecule has 2 rings (SSSR count). The Labute approximate surface area is 109 Å². The van der Waals surface area contributed by atoms with Crippen molar-refractivity contribution >= 4 is 5.82 Å². The van der Waals surface area contributed by atoms with Gasteiger partial charge in [-0.25, -0.2) is 4.79 Å². The Kier molecular flexibility index (Phi) is 3.55. The maximum Gasteiger partial charge on any atom is 0.328 e. The van der Waals surface area contributed by atoms with Crippen LogP contribution in [0, 0.1) is 6.92 Å². The molecule has 0 aromatic carbocycles. The molecule has 0 radical (unpaired) electrons. The lowest BCUT2D eigenvalue weighted by Gasteiger charge is -2.09. The van der Waals surface area contributed by atoms with Gasteiger partial charge in [0.15, 0.2) is 0 Å². The van der Waals surface area contributed by atoms with Gasteiger partial charge in [-0.3, -0.25) is 19.0 Å². The highest BCUT2D eigenvalue weighted by atomic mass is 16.2. The molecule has 7 nitrogen and oxygen atoms in total. The van der Waals surface area contributed by atoms with Crippen LogP contribution in [0.2, 0.25) is 0 Å². The summed E-state index contributed by atoms with van der Waals surface area (Å²) in [6.45, 7) is 5.04. The van der Waals surface area contributed by atoms with Crippen molar-refractivity contribution in [3.63, 3.8) is 0 Å². The highest BCUT2D eigenvalue weighted by molar-refractivity contribution is 5.47. The summed E-state index contributed by atoms with van der Waals surface area (Å²) in [7, 11) is 1.85. The second-order valence-electron chi connectivity index (χ2n) is 4.30. The zero-order valence-electron chi connectivity index (χ0n) is 11.2. The van der Waals surface area contributed by atoms with Gasteiger partial charge in [-0.05, 0) is 13.8 Å². The predicted molar refractivity (Wildman–Crippen MR) is 72.5 cm³/mol. The standard InChI is InChI=1S/C12H17N5O2/c1-4-13-11-9(8(2)15-16(11)3)7-17-6-5-10(18)14-12(17)19/h5-6,13H,4,7H2,1-3H3,(H,14,18,19). The van der Waals surface area contributed by atoms with Gasteiger partial charge in [-0.1, -0.05) is 0 Å².